The molecule has 2 aromatic rings. The van der Waals surface area contributed by atoms with Crippen molar-refractivity contribution >= 4 is 17.5 Å². The van der Waals surface area contributed by atoms with E-state index in [-0.39, 0.29) is 29.7 Å². The Bertz CT molecular complexity index is 870. The van der Waals surface area contributed by atoms with Gasteiger partial charge in [-0.1, -0.05) is 12.1 Å². The van der Waals surface area contributed by atoms with Gasteiger partial charge in [0, 0.05) is 45.0 Å². The zero-order valence-electron chi connectivity index (χ0n) is 17.7. The van der Waals surface area contributed by atoms with E-state index in [1.807, 2.05) is 6.92 Å². The number of carbonyl (C=O) groups is 2. The Morgan fingerprint density at radius 3 is 2.83 bits per heavy atom. The fourth-order valence-corrected chi connectivity index (χ4v) is 3.26. The summed E-state index contributed by atoms with van der Waals surface area (Å²) < 4.78 is 16.4. The van der Waals surface area contributed by atoms with E-state index >= 15 is 0 Å². The quantitative estimate of drug-likeness (QED) is 0.788. The number of aromatic nitrogens is 1. The molecule has 0 bridgehead atoms. The van der Waals surface area contributed by atoms with Crippen LogP contribution < -0.4 is 15.4 Å². The second-order valence-electron chi connectivity index (χ2n) is 7.60. The molecule has 9 nitrogen and oxygen atoms in total. The lowest BCUT2D eigenvalue weighted by Gasteiger charge is -2.30. The molecule has 2 N–H and O–H groups in total. The molecule has 1 aliphatic rings. The van der Waals surface area contributed by atoms with Crippen LogP contribution in [0.5, 0.6) is 5.75 Å². The molecule has 0 fully saturated rings. The van der Waals surface area contributed by atoms with Crippen LogP contribution in [0.4, 0.5) is 5.69 Å². The van der Waals surface area contributed by atoms with Gasteiger partial charge in [0.2, 0.25) is 5.76 Å². The first-order valence-electron chi connectivity index (χ1n) is 9.89. The number of benzene rings is 1. The maximum atomic E-state index is 13.2. The van der Waals surface area contributed by atoms with Gasteiger partial charge in [0.25, 0.3) is 11.8 Å². The smallest absolute Gasteiger partial charge is 0.294 e. The normalized spacial score (nSPS) is 23.0. The van der Waals surface area contributed by atoms with Crippen LogP contribution >= 0.6 is 0 Å². The van der Waals surface area contributed by atoms with Crippen LogP contribution in [0.3, 0.4) is 0 Å². The number of nitrogens with zero attached hydrogens (tertiary/aromatic N) is 2. The van der Waals surface area contributed by atoms with Gasteiger partial charge >= 0.3 is 0 Å². The minimum absolute atomic E-state index is 0.0827. The second-order valence-corrected chi connectivity index (χ2v) is 7.60. The Morgan fingerprint density at radius 2 is 2.13 bits per heavy atom. The fourth-order valence-electron chi connectivity index (χ4n) is 3.26. The van der Waals surface area contributed by atoms with E-state index in [4.69, 9.17) is 14.0 Å². The monoisotopic (exact) mass is 416 g/mol. The lowest BCUT2D eigenvalue weighted by molar-refractivity contribution is 0.0281. The average molecular weight is 416 g/mol. The van der Waals surface area contributed by atoms with E-state index in [2.05, 4.69) is 22.7 Å². The molecule has 2 heterocycles. The maximum Gasteiger partial charge on any atom is 0.294 e. The van der Waals surface area contributed by atoms with Gasteiger partial charge in [-0.3, -0.25) is 9.59 Å². The number of fused-ring (bicyclic) bond motifs is 1. The Labute approximate surface area is 175 Å². The number of likely N-dealkylation sites (N-methyl/N-ethyl adjacent to an activating group) is 1. The number of anilines is 1. The van der Waals surface area contributed by atoms with Crippen LogP contribution in [-0.2, 0) is 4.74 Å². The molecule has 0 aliphatic carbocycles. The summed E-state index contributed by atoms with van der Waals surface area (Å²) in [7, 11) is 3.38. The molecule has 1 aliphatic heterocycles. The number of ether oxygens (including phenoxy) is 2. The van der Waals surface area contributed by atoms with Crippen molar-refractivity contribution in [3.8, 4) is 5.75 Å². The standard InChI is InChI=1S/C21H28N4O5/c1-13-10-22-14(2)12-29-17-6-5-15(24-20(26)18-7-8-23-30-18)9-16(17)21(27)25(3)11-19(13)28-4/h5-9,13-14,19,22H,10-12H2,1-4H3,(H,24,26)/t13-,14-,19+/m0/s1. The van der Waals surface area contributed by atoms with E-state index in [9.17, 15) is 9.59 Å². The highest BCUT2D eigenvalue weighted by atomic mass is 16.5. The van der Waals surface area contributed by atoms with Gasteiger partial charge in [0.1, 0.15) is 12.4 Å². The number of hydrogen-bond donors (Lipinski definition) is 2. The topological polar surface area (TPSA) is 106 Å². The zero-order chi connectivity index (χ0) is 21.7. The molecule has 0 spiro atoms. The Balaban J connectivity index is 1.88. The van der Waals surface area contributed by atoms with Crippen molar-refractivity contribution in [1.82, 2.24) is 15.4 Å². The minimum atomic E-state index is -0.451. The Kier molecular flexibility index (Phi) is 7.07. The third-order valence-electron chi connectivity index (χ3n) is 5.14. The first-order valence-corrected chi connectivity index (χ1v) is 9.89. The molecule has 1 aromatic carbocycles. The number of methoxy groups -OCH3 is 1. The van der Waals surface area contributed by atoms with Gasteiger partial charge in [0.15, 0.2) is 0 Å². The molecule has 0 radical (unpaired) electrons. The first kappa shape index (κ1) is 21.8. The number of amides is 2. The van der Waals surface area contributed by atoms with E-state index in [0.29, 0.717) is 30.2 Å². The summed E-state index contributed by atoms with van der Waals surface area (Å²) >= 11 is 0. The summed E-state index contributed by atoms with van der Waals surface area (Å²) in [6.07, 6.45) is 1.28. The van der Waals surface area contributed by atoms with Gasteiger partial charge in [-0.2, -0.15) is 0 Å². The summed E-state index contributed by atoms with van der Waals surface area (Å²) in [5.74, 6) is 0.0868. The highest BCUT2D eigenvalue weighted by Crippen LogP contribution is 2.26. The van der Waals surface area contributed by atoms with E-state index in [0.717, 1.165) is 6.54 Å². The lowest BCUT2D eigenvalue weighted by Crippen LogP contribution is -2.44. The molecule has 0 saturated carbocycles. The predicted octanol–water partition coefficient (Wildman–Crippen LogP) is 2.02. The lowest BCUT2D eigenvalue weighted by atomic mass is 10.0. The molecule has 0 unspecified atom stereocenters. The van der Waals surface area contributed by atoms with E-state index < -0.39 is 5.91 Å². The number of hydrogen-bond acceptors (Lipinski definition) is 7. The third-order valence-corrected chi connectivity index (χ3v) is 5.14. The first-order chi connectivity index (χ1) is 14.4. The molecule has 2 amide bonds. The Hall–Kier alpha value is -2.91. The molecule has 3 rings (SSSR count). The van der Waals surface area contributed by atoms with Gasteiger partial charge < -0.3 is 29.5 Å². The van der Waals surface area contributed by atoms with Crippen LogP contribution in [0.25, 0.3) is 0 Å². The summed E-state index contributed by atoms with van der Waals surface area (Å²) in [4.78, 5) is 27.1. The second kappa shape index (κ2) is 9.73. The summed E-state index contributed by atoms with van der Waals surface area (Å²) in [6.45, 7) is 5.70. The zero-order valence-corrected chi connectivity index (χ0v) is 17.7. The fraction of sp³-hybridized carbons (Fsp3) is 0.476. The van der Waals surface area contributed by atoms with Gasteiger partial charge in [-0.25, -0.2) is 0 Å². The average Bonchev–Trinajstić information content (AvgIpc) is 3.28. The molecule has 1 aromatic heterocycles. The summed E-state index contributed by atoms with van der Waals surface area (Å²) in [5.41, 5.74) is 0.818. The van der Waals surface area contributed by atoms with Crippen LogP contribution in [0.15, 0.2) is 35.0 Å². The molecular weight excluding hydrogens is 388 g/mol. The van der Waals surface area contributed by atoms with Crippen molar-refractivity contribution in [1.29, 1.82) is 0 Å². The maximum absolute atomic E-state index is 13.2. The highest BCUT2D eigenvalue weighted by molar-refractivity contribution is 6.04. The third kappa shape index (κ3) is 5.17. The Morgan fingerprint density at radius 1 is 1.33 bits per heavy atom. The number of rotatable bonds is 3. The molecule has 3 atom stereocenters. The number of carbonyl (C=O) groups excluding carboxylic acids is 2. The molecule has 0 saturated heterocycles. The molecule has 162 valence electrons. The van der Waals surface area contributed by atoms with Crippen LogP contribution in [0.2, 0.25) is 0 Å². The summed E-state index contributed by atoms with van der Waals surface area (Å²) in [6, 6.07) is 6.54. The molecule has 30 heavy (non-hydrogen) atoms. The highest BCUT2D eigenvalue weighted by Gasteiger charge is 2.25. The van der Waals surface area contributed by atoms with Gasteiger partial charge in [0.05, 0.1) is 17.9 Å². The predicted molar refractivity (Wildman–Crippen MR) is 111 cm³/mol. The van der Waals surface area contributed by atoms with Gasteiger partial charge in [-0.05, 0) is 31.0 Å². The van der Waals surface area contributed by atoms with Crippen LogP contribution in [0, 0.1) is 5.92 Å². The molecular formula is C21H28N4O5. The van der Waals surface area contributed by atoms with Crippen molar-refractivity contribution in [3.63, 3.8) is 0 Å². The van der Waals surface area contributed by atoms with Gasteiger partial charge in [-0.15, -0.1) is 0 Å². The van der Waals surface area contributed by atoms with E-state index in [1.54, 1.807) is 37.3 Å². The molecule has 9 heteroatoms. The van der Waals surface area contributed by atoms with E-state index in [1.165, 1.54) is 12.3 Å². The van der Waals surface area contributed by atoms with Crippen LogP contribution in [-0.4, -0.2) is 67.9 Å². The summed E-state index contributed by atoms with van der Waals surface area (Å²) in [5, 5.41) is 9.69. The van der Waals surface area contributed by atoms with Crippen molar-refractivity contribution < 1.29 is 23.6 Å². The van der Waals surface area contributed by atoms with Crippen molar-refractivity contribution in [2.24, 2.45) is 5.92 Å². The van der Waals surface area contributed by atoms with Crippen molar-refractivity contribution in [2.45, 2.75) is 26.0 Å². The minimum Gasteiger partial charge on any atom is -0.491 e. The van der Waals surface area contributed by atoms with Crippen LogP contribution in [0.1, 0.15) is 34.8 Å². The largest absolute Gasteiger partial charge is 0.491 e. The van der Waals surface area contributed by atoms with Crippen molar-refractivity contribution in [3.05, 3.63) is 41.8 Å². The number of nitrogens with one attached hydrogen (secondary N) is 2. The SMILES string of the molecule is CO[C@@H]1CN(C)C(=O)c2cc(NC(=O)c3ccno3)ccc2OC[C@H](C)NC[C@@H]1C. The van der Waals surface area contributed by atoms with Crippen molar-refractivity contribution in [2.75, 3.05) is 39.2 Å².